The molecular formula is C28H22F3N5O3. The molecule has 3 aromatic heterocycles. The van der Waals surface area contributed by atoms with Crippen molar-refractivity contribution < 1.29 is 18.0 Å². The quantitative estimate of drug-likeness (QED) is 0.359. The van der Waals surface area contributed by atoms with Crippen LogP contribution in [-0.2, 0) is 0 Å². The molecule has 11 heteroatoms. The number of carbonyl (C=O) groups is 1. The summed E-state index contributed by atoms with van der Waals surface area (Å²) < 4.78 is 43.7. The van der Waals surface area contributed by atoms with Crippen molar-refractivity contribution >= 4 is 27.8 Å². The Morgan fingerprint density at radius 3 is 2.46 bits per heavy atom. The lowest BCUT2D eigenvalue weighted by molar-refractivity contribution is 0.0917. The molecule has 39 heavy (non-hydrogen) atoms. The summed E-state index contributed by atoms with van der Waals surface area (Å²) in [6, 6.07) is 12.5. The first kappa shape index (κ1) is 24.7. The van der Waals surface area contributed by atoms with E-state index in [4.69, 9.17) is 0 Å². The molecule has 2 aromatic carbocycles. The van der Waals surface area contributed by atoms with Crippen LogP contribution in [0.25, 0.3) is 27.6 Å². The molecular weight excluding hydrogens is 511 g/mol. The highest BCUT2D eigenvalue weighted by molar-refractivity contribution is 5.98. The van der Waals surface area contributed by atoms with Crippen LogP contribution in [0.1, 0.15) is 42.2 Å². The molecule has 1 amide bonds. The first-order chi connectivity index (χ1) is 18.8. The number of pyridine rings is 1. The zero-order valence-corrected chi connectivity index (χ0v) is 20.5. The summed E-state index contributed by atoms with van der Waals surface area (Å²) in [5.41, 5.74) is -0.420. The maximum atomic E-state index is 14.1. The number of nitrogens with zero attached hydrogens (tertiary/aromatic N) is 3. The van der Waals surface area contributed by atoms with E-state index in [0.29, 0.717) is 31.4 Å². The highest BCUT2D eigenvalue weighted by atomic mass is 19.2. The lowest BCUT2D eigenvalue weighted by atomic mass is 9.90. The lowest BCUT2D eigenvalue weighted by Crippen LogP contribution is -2.45. The molecule has 0 unspecified atom stereocenters. The second-order valence-corrected chi connectivity index (χ2v) is 9.67. The normalized spacial score (nSPS) is 17.5. The molecule has 0 saturated heterocycles. The molecule has 5 aromatic rings. The lowest BCUT2D eigenvalue weighted by Gasteiger charge is -2.30. The topological polar surface area (TPSA) is 102 Å². The van der Waals surface area contributed by atoms with E-state index in [-0.39, 0.29) is 28.7 Å². The van der Waals surface area contributed by atoms with E-state index < -0.39 is 34.7 Å². The van der Waals surface area contributed by atoms with Gasteiger partial charge in [0.15, 0.2) is 17.3 Å². The molecule has 8 nitrogen and oxygen atoms in total. The van der Waals surface area contributed by atoms with E-state index in [1.54, 1.807) is 6.07 Å². The Morgan fingerprint density at radius 1 is 0.949 bits per heavy atom. The van der Waals surface area contributed by atoms with Gasteiger partial charge in [-0.05, 0) is 56.0 Å². The van der Waals surface area contributed by atoms with Crippen LogP contribution in [0.5, 0.6) is 0 Å². The molecule has 0 aliphatic heterocycles. The van der Waals surface area contributed by atoms with Gasteiger partial charge < -0.3 is 10.3 Å². The van der Waals surface area contributed by atoms with E-state index in [1.165, 1.54) is 6.07 Å². The first-order valence-corrected chi connectivity index (χ1v) is 12.5. The fourth-order valence-electron chi connectivity index (χ4n) is 5.30. The minimum absolute atomic E-state index is 0.0453. The fraction of sp³-hybridized carbons (Fsp3) is 0.214. The predicted octanol–water partition coefficient (Wildman–Crippen LogP) is 4.36. The third-order valence-corrected chi connectivity index (χ3v) is 7.22. The van der Waals surface area contributed by atoms with E-state index in [1.807, 2.05) is 24.3 Å². The molecule has 1 saturated carbocycles. The number of carbonyl (C=O) groups excluding carboxylic acids is 1. The SMILES string of the molecule is O=C(N[C@H]1CC[C@@H](n2c(=O)c3cc(F)cnc3n(-c3ccc(F)c(F)c3)c2=O)CC1)c1cc2ccccc2[nH]1. The maximum absolute atomic E-state index is 14.1. The summed E-state index contributed by atoms with van der Waals surface area (Å²) in [5.74, 6) is -3.31. The number of hydrogen-bond donors (Lipinski definition) is 2. The minimum Gasteiger partial charge on any atom is -0.351 e. The van der Waals surface area contributed by atoms with Gasteiger partial charge in [0.2, 0.25) is 0 Å². The van der Waals surface area contributed by atoms with E-state index in [2.05, 4.69) is 15.3 Å². The molecule has 0 radical (unpaired) electrons. The van der Waals surface area contributed by atoms with Gasteiger partial charge in [-0.15, -0.1) is 0 Å². The van der Waals surface area contributed by atoms with Crippen LogP contribution in [0.3, 0.4) is 0 Å². The van der Waals surface area contributed by atoms with Crippen LogP contribution >= 0.6 is 0 Å². The molecule has 0 atom stereocenters. The number of aromatic amines is 1. The number of aromatic nitrogens is 4. The average Bonchev–Trinajstić information content (AvgIpc) is 3.37. The number of nitrogens with one attached hydrogen (secondary N) is 2. The first-order valence-electron chi connectivity index (χ1n) is 12.5. The number of hydrogen-bond acceptors (Lipinski definition) is 4. The van der Waals surface area contributed by atoms with Gasteiger partial charge in [0.25, 0.3) is 11.5 Å². The third kappa shape index (κ3) is 4.39. The van der Waals surface area contributed by atoms with E-state index >= 15 is 0 Å². The molecule has 0 spiro atoms. The summed E-state index contributed by atoms with van der Waals surface area (Å²) in [5, 5.41) is 3.77. The van der Waals surface area contributed by atoms with Crippen molar-refractivity contribution in [2.75, 3.05) is 0 Å². The molecule has 1 aliphatic carbocycles. The van der Waals surface area contributed by atoms with Crippen LogP contribution in [0, 0.1) is 17.5 Å². The van der Waals surface area contributed by atoms with Gasteiger partial charge >= 0.3 is 5.69 Å². The van der Waals surface area contributed by atoms with Crippen LogP contribution in [0.15, 0.2) is 70.4 Å². The summed E-state index contributed by atoms with van der Waals surface area (Å²) in [6.45, 7) is 0. The van der Waals surface area contributed by atoms with Gasteiger partial charge in [0, 0.05) is 29.1 Å². The Hall–Kier alpha value is -4.67. The largest absolute Gasteiger partial charge is 0.351 e. The predicted molar refractivity (Wildman–Crippen MR) is 139 cm³/mol. The Balaban J connectivity index is 1.30. The number of benzene rings is 2. The number of halogens is 3. The van der Waals surface area contributed by atoms with Crippen LogP contribution < -0.4 is 16.6 Å². The standard InChI is InChI=1S/C28H22F3N5O3/c29-16-12-20-25(32-14-16)35(19-9-10-21(30)22(31)13-19)28(39)36(27(20)38)18-7-5-17(6-8-18)33-26(37)24-11-15-3-1-2-4-23(15)34-24/h1-4,9-14,17-18,34H,5-8H2,(H,33,37)/t17-,18+. The van der Waals surface area contributed by atoms with Crippen LogP contribution in [0.4, 0.5) is 13.2 Å². The summed E-state index contributed by atoms with van der Waals surface area (Å²) in [7, 11) is 0. The molecule has 3 heterocycles. The number of fused-ring (bicyclic) bond motifs is 2. The number of para-hydroxylation sites is 1. The highest BCUT2D eigenvalue weighted by Gasteiger charge is 2.28. The monoisotopic (exact) mass is 533 g/mol. The molecule has 198 valence electrons. The molecule has 1 aliphatic rings. The number of H-pyrrole nitrogens is 1. The Morgan fingerprint density at radius 2 is 1.72 bits per heavy atom. The van der Waals surface area contributed by atoms with E-state index in [0.717, 1.165) is 44.4 Å². The van der Waals surface area contributed by atoms with Crippen molar-refractivity contribution in [1.29, 1.82) is 0 Å². The highest BCUT2D eigenvalue weighted by Crippen LogP contribution is 2.28. The Kier molecular flexibility index (Phi) is 6.05. The van der Waals surface area contributed by atoms with Crippen LogP contribution in [0.2, 0.25) is 0 Å². The maximum Gasteiger partial charge on any atom is 0.337 e. The molecule has 2 N–H and O–H groups in total. The Labute approximate surface area is 218 Å². The second kappa shape index (κ2) is 9.57. The van der Waals surface area contributed by atoms with Crippen molar-refractivity contribution in [3.05, 3.63) is 105 Å². The summed E-state index contributed by atoms with van der Waals surface area (Å²) in [4.78, 5) is 46.8. The fourth-order valence-corrected chi connectivity index (χ4v) is 5.30. The zero-order valence-electron chi connectivity index (χ0n) is 20.5. The van der Waals surface area contributed by atoms with Crippen molar-refractivity contribution in [2.45, 2.75) is 37.8 Å². The smallest absolute Gasteiger partial charge is 0.337 e. The van der Waals surface area contributed by atoms with Gasteiger partial charge in [-0.1, -0.05) is 18.2 Å². The summed E-state index contributed by atoms with van der Waals surface area (Å²) >= 11 is 0. The van der Waals surface area contributed by atoms with Crippen LogP contribution in [-0.4, -0.2) is 31.1 Å². The zero-order chi connectivity index (χ0) is 27.3. The van der Waals surface area contributed by atoms with Crippen molar-refractivity contribution in [1.82, 2.24) is 24.4 Å². The molecule has 1 fully saturated rings. The van der Waals surface area contributed by atoms with Gasteiger partial charge in [-0.25, -0.2) is 27.5 Å². The minimum atomic E-state index is -1.18. The van der Waals surface area contributed by atoms with Gasteiger partial charge in [-0.3, -0.25) is 14.2 Å². The van der Waals surface area contributed by atoms with Gasteiger partial charge in [0.1, 0.15) is 11.5 Å². The second-order valence-electron chi connectivity index (χ2n) is 9.67. The van der Waals surface area contributed by atoms with Crippen molar-refractivity contribution in [3.8, 4) is 5.69 Å². The summed E-state index contributed by atoms with van der Waals surface area (Å²) in [6.07, 6.45) is 2.61. The van der Waals surface area contributed by atoms with Crippen molar-refractivity contribution in [3.63, 3.8) is 0 Å². The molecule has 6 rings (SSSR count). The van der Waals surface area contributed by atoms with Crippen molar-refractivity contribution in [2.24, 2.45) is 0 Å². The number of amides is 1. The van der Waals surface area contributed by atoms with Gasteiger partial charge in [-0.2, -0.15) is 0 Å². The Bertz CT molecular complexity index is 1840. The van der Waals surface area contributed by atoms with Gasteiger partial charge in [0.05, 0.1) is 17.3 Å². The molecule has 0 bridgehead atoms. The van der Waals surface area contributed by atoms with E-state index in [9.17, 15) is 27.6 Å². The number of rotatable bonds is 4. The third-order valence-electron chi connectivity index (χ3n) is 7.22. The average molecular weight is 534 g/mol.